The second-order valence-electron chi connectivity index (χ2n) is 5.19. The molecule has 0 fully saturated rings. The largest absolute Gasteiger partial charge is 0.496 e. The van der Waals surface area contributed by atoms with Crippen LogP contribution < -0.4 is 4.74 Å². The summed E-state index contributed by atoms with van der Waals surface area (Å²) in [6.07, 6.45) is 1.88. The molecular formula is C16H23N3O2. The van der Waals surface area contributed by atoms with Gasteiger partial charge < -0.3 is 9.26 Å². The van der Waals surface area contributed by atoms with E-state index in [-0.39, 0.29) is 6.04 Å². The molecule has 114 valence electrons. The van der Waals surface area contributed by atoms with Crippen molar-refractivity contribution in [2.24, 2.45) is 0 Å². The molecule has 0 saturated heterocycles. The molecule has 0 N–H and O–H groups in total. The predicted octanol–water partition coefficient (Wildman–Crippen LogP) is 3.22. The molecule has 0 amide bonds. The van der Waals surface area contributed by atoms with Crippen LogP contribution in [0.25, 0.3) is 0 Å². The van der Waals surface area contributed by atoms with Gasteiger partial charge in [-0.2, -0.15) is 4.98 Å². The lowest BCUT2D eigenvalue weighted by Gasteiger charge is -2.24. The van der Waals surface area contributed by atoms with Crippen molar-refractivity contribution in [2.75, 3.05) is 14.2 Å². The second kappa shape index (κ2) is 7.22. The van der Waals surface area contributed by atoms with Crippen LogP contribution in [0.5, 0.6) is 5.75 Å². The number of benzene rings is 1. The Bertz CT molecular complexity index is 568. The Morgan fingerprint density at radius 2 is 2.10 bits per heavy atom. The fraction of sp³-hybridized carbons (Fsp3) is 0.500. The number of hydrogen-bond acceptors (Lipinski definition) is 5. The van der Waals surface area contributed by atoms with Crippen molar-refractivity contribution in [3.8, 4) is 5.75 Å². The van der Waals surface area contributed by atoms with Crippen molar-refractivity contribution in [3.05, 3.63) is 41.5 Å². The van der Waals surface area contributed by atoms with E-state index in [0.717, 1.165) is 30.0 Å². The Morgan fingerprint density at radius 1 is 1.33 bits per heavy atom. The molecule has 1 heterocycles. The monoisotopic (exact) mass is 289 g/mol. The van der Waals surface area contributed by atoms with Gasteiger partial charge in [-0.25, -0.2) is 0 Å². The van der Waals surface area contributed by atoms with E-state index in [0.29, 0.717) is 12.4 Å². The van der Waals surface area contributed by atoms with Gasteiger partial charge in [-0.1, -0.05) is 30.3 Å². The van der Waals surface area contributed by atoms with Gasteiger partial charge in [0.25, 0.3) is 0 Å². The Hall–Kier alpha value is -1.88. The summed E-state index contributed by atoms with van der Waals surface area (Å²) in [6, 6.07) is 8.25. The Morgan fingerprint density at radius 3 is 2.81 bits per heavy atom. The third kappa shape index (κ3) is 3.82. The summed E-state index contributed by atoms with van der Waals surface area (Å²) in [4.78, 5) is 6.58. The van der Waals surface area contributed by atoms with Crippen LogP contribution in [-0.4, -0.2) is 29.2 Å². The van der Waals surface area contributed by atoms with Crippen molar-refractivity contribution in [1.29, 1.82) is 0 Å². The van der Waals surface area contributed by atoms with Gasteiger partial charge in [0.05, 0.1) is 13.7 Å². The molecule has 1 aromatic heterocycles. The van der Waals surface area contributed by atoms with Gasteiger partial charge in [0, 0.05) is 18.0 Å². The van der Waals surface area contributed by atoms with Gasteiger partial charge in [0.15, 0.2) is 5.82 Å². The van der Waals surface area contributed by atoms with E-state index in [4.69, 9.17) is 9.26 Å². The lowest BCUT2D eigenvalue weighted by molar-refractivity contribution is 0.212. The Kier molecular flexibility index (Phi) is 5.33. The third-order valence-electron chi connectivity index (χ3n) is 3.62. The van der Waals surface area contributed by atoms with Gasteiger partial charge >= 0.3 is 0 Å². The first-order valence-electron chi connectivity index (χ1n) is 7.30. The summed E-state index contributed by atoms with van der Waals surface area (Å²) in [5.41, 5.74) is 1.15. The van der Waals surface area contributed by atoms with Crippen molar-refractivity contribution in [1.82, 2.24) is 15.0 Å². The van der Waals surface area contributed by atoms with Crippen LogP contribution in [-0.2, 0) is 13.0 Å². The molecular weight excluding hydrogens is 266 g/mol. The fourth-order valence-corrected chi connectivity index (χ4v) is 2.28. The first kappa shape index (κ1) is 15.5. The smallest absolute Gasteiger partial charge is 0.240 e. The minimum Gasteiger partial charge on any atom is -0.496 e. The maximum absolute atomic E-state index is 5.42. The summed E-state index contributed by atoms with van der Waals surface area (Å²) in [7, 11) is 3.74. The summed E-state index contributed by atoms with van der Waals surface area (Å²) in [5.74, 6) is 2.34. The number of aromatic nitrogens is 2. The molecule has 0 aliphatic rings. The molecule has 1 atom stereocenters. The number of aryl methyl sites for hydroxylation is 1. The van der Waals surface area contributed by atoms with Crippen molar-refractivity contribution < 1.29 is 9.26 Å². The first-order valence-corrected chi connectivity index (χ1v) is 7.30. The molecule has 0 saturated carbocycles. The van der Waals surface area contributed by atoms with Crippen LogP contribution >= 0.6 is 0 Å². The average molecular weight is 289 g/mol. The maximum Gasteiger partial charge on any atom is 0.240 e. The molecule has 0 aliphatic carbocycles. The molecule has 21 heavy (non-hydrogen) atoms. The number of hydrogen-bond donors (Lipinski definition) is 0. The fourth-order valence-electron chi connectivity index (χ4n) is 2.28. The predicted molar refractivity (Wildman–Crippen MR) is 81.2 cm³/mol. The highest BCUT2D eigenvalue weighted by Crippen LogP contribution is 2.28. The molecule has 2 rings (SSSR count). The normalized spacial score (nSPS) is 12.6. The number of ether oxygens (including phenoxy) is 1. The summed E-state index contributed by atoms with van der Waals surface area (Å²) < 4.78 is 10.7. The minimum atomic E-state index is 0.197. The van der Waals surface area contributed by atoms with E-state index < -0.39 is 0 Å². The van der Waals surface area contributed by atoms with Crippen LogP contribution in [0.4, 0.5) is 0 Å². The van der Waals surface area contributed by atoms with Gasteiger partial charge in [-0.05, 0) is 26.5 Å². The van der Waals surface area contributed by atoms with Crippen LogP contribution in [0.3, 0.4) is 0 Å². The van der Waals surface area contributed by atoms with E-state index in [1.807, 2.05) is 25.2 Å². The second-order valence-corrected chi connectivity index (χ2v) is 5.19. The lowest BCUT2D eigenvalue weighted by Crippen LogP contribution is -2.22. The molecule has 0 aliphatic heterocycles. The zero-order chi connectivity index (χ0) is 15.2. The molecule has 5 heteroatoms. The van der Waals surface area contributed by atoms with Gasteiger partial charge in [0.2, 0.25) is 5.89 Å². The summed E-state index contributed by atoms with van der Waals surface area (Å²) in [5, 5.41) is 3.99. The number of nitrogens with zero attached hydrogens (tertiary/aromatic N) is 3. The zero-order valence-corrected chi connectivity index (χ0v) is 13.2. The average Bonchev–Trinajstić information content (AvgIpc) is 2.94. The van der Waals surface area contributed by atoms with Crippen molar-refractivity contribution in [2.45, 2.75) is 39.3 Å². The molecule has 1 unspecified atom stereocenters. The van der Waals surface area contributed by atoms with Gasteiger partial charge in [-0.3, -0.25) is 4.90 Å². The van der Waals surface area contributed by atoms with Crippen LogP contribution in [0.15, 0.2) is 28.8 Å². The lowest BCUT2D eigenvalue weighted by atomic mass is 10.1. The Labute approximate surface area is 125 Å². The number of rotatable bonds is 7. The number of para-hydroxylation sites is 1. The van der Waals surface area contributed by atoms with Crippen LogP contribution in [0, 0.1) is 0 Å². The van der Waals surface area contributed by atoms with E-state index in [1.165, 1.54) is 0 Å². The third-order valence-corrected chi connectivity index (χ3v) is 3.62. The SMILES string of the molecule is CCCc1noc(CN(C)C(C)c2ccccc2OC)n1. The molecule has 5 nitrogen and oxygen atoms in total. The zero-order valence-electron chi connectivity index (χ0n) is 13.2. The van der Waals surface area contributed by atoms with Gasteiger partial charge in [-0.15, -0.1) is 0 Å². The highest BCUT2D eigenvalue weighted by atomic mass is 16.5. The maximum atomic E-state index is 5.42. The number of methoxy groups -OCH3 is 1. The first-order chi connectivity index (χ1) is 10.2. The molecule has 0 spiro atoms. The topological polar surface area (TPSA) is 51.4 Å². The van der Waals surface area contributed by atoms with Gasteiger partial charge in [0.1, 0.15) is 5.75 Å². The Balaban J connectivity index is 2.06. The molecule has 1 aromatic carbocycles. The highest BCUT2D eigenvalue weighted by Gasteiger charge is 2.18. The highest BCUT2D eigenvalue weighted by molar-refractivity contribution is 5.35. The molecule has 0 bridgehead atoms. The van der Waals surface area contributed by atoms with E-state index >= 15 is 0 Å². The van der Waals surface area contributed by atoms with Crippen molar-refractivity contribution in [3.63, 3.8) is 0 Å². The van der Waals surface area contributed by atoms with E-state index in [1.54, 1.807) is 7.11 Å². The quantitative estimate of drug-likeness (QED) is 0.783. The summed E-state index contributed by atoms with van der Waals surface area (Å²) in [6.45, 7) is 4.86. The minimum absolute atomic E-state index is 0.197. The van der Waals surface area contributed by atoms with E-state index in [2.05, 4.69) is 35.0 Å². The van der Waals surface area contributed by atoms with Crippen LogP contribution in [0.2, 0.25) is 0 Å². The van der Waals surface area contributed by atoms with E-state index in [9.17, 15) is 0 Å². The van der Waals surface area contributed by atoms with Crippen LogP contribution in [0.1, 0.15) is 43.6 Å². The molecule has 0 radical (unpaired) electrons. The molecule has 2 aromatic rings. The standard InChI is InChI=1S/C16H23N3O2/c1-5-8-15-17-16(21-18-15)11-19(3)12(2)13-9-6-7-10-14(13)20-4/h6-7,9-10,12H,5,8,11H2,1-4H3. The van der Waals surface area contributed by atoms with Crippen molar-refractivity contribution >= 4 is 0 Å². The summed E-state index contributed by atoms with van der Waals surface area (Å²) >= 11 is 0.